The van der Waals surface area contributed by atoms with Gasteiger partial charge in [-0.05, 0) is 37.3 Å². The molecule has 0 unspecified atom stereocenters. The lowest BCUT2D eigenvalue weighted by atomic mass is 10.2. The molecule has 148 valence electrons. The second-order valence-electron chi connectivity index (χ2n) is 5.53. The van der Waals surface area contributed by atoms with Crippen LogP contribution in [-0.2, 0) is 14.3 Å². The molecule has 0 bridgehead atoms. The van der Waals surface area contributed by atoms with Gasteiger partial charge in [0.2, 0.25) is 0 Å². The number of benzene rings is 2. The quantitative estimate of drug-likeness (QED) is 0.539. The molecule has 0 radical (unpaired) electrons. The van der Waals surface area contributed by atoms with Crippen LogP contribution in [0.5, 0.6) is 11.5 Å². The van der Waals surface area contributed by atoms with E-state index in [4.69, 9.17) is 25.8 Å². The summed E-state index contributed by atoms with van der Waals surface area (Å²) < 4.78 is 15.3. The van der Waals surface area contributed by atoms with Gasteiger partial charge in [-0.25, -0.2) is 4.79 Å². The molecular formula is C19H19ClN2O6. The van der Waals surface area contributed by atoms with Gasteiger partial charge in [0.05, 0.1) is 12.7 Å². The van der Waals surface area contributed by atoms with Crippen molar-refractivity contribution in [3.05, 3.63) is 59.1 Å². The lowest BCUT2D eigenvalue weighted by Crippen LogP contribution is -2.44. The summed E-state index contributed by atoms with van der Waals surface area (Å²) in [6.45, 7) is 0.911. The van der Waals surface area contributed by atoms with Gasteiger partial charge >= 0.3 is 5.97 Å². The van der Waals surface area contributed by atoms with Crippen molar-refractivity contribution in [3.8, 4) is 11.5 Å². The van der Waals surface area contributed by atoms with E-state index in [-0.39, 0.29) is 11.3 Å². The van der Waals surface area contributed by atoms with Gasteiger partial charge in [-0.2, -0.15) is 0 Å². The minimum absolute atomic E-state index is 0.136. The van der Waals surface area contributed by atoms with Crippen LogP contribution >= 0.6 is 11.6 Å². The number of carbonyl (C=O) groups excluding carboxylic acids is 3. The normalized spacial score (nSPS) is 11.1. The molecule has 2 amide bonds. The number of para-hydroxylation sites is 1. The highest BCUT2D eigenvalue weighted by Gasteiger charge is 2.18. The molecule has 0 aliphatic heterocycles. The number of hydrogen-bond donors (Lipinski definition) is 2. The largest absolute Gasteiger partial charge is 0.496 e. The van der Waals surface area contributed by atoms with Crippen LogP contribution in [0.3, 0.4) is 0 Å². The zero-order chi connectivity index (χ0) is 20.5. The van der Waals surface area contributed by atoms with E-state index in [1.807, 2.05) is 6.07 Å². The Morgan fingerprint density at radius 2 is 1.79 bits per heavy atom. The van der Waals surface area contributed by atoms with Gasteiger partial charge in [0, 0.05) is 5.02 Å². The van der Waals surface area contributed by atoms with E-state index in [0.29, 0.717) is 10.8 Å². The minimum atomic E-state index is -0.902. The molecule has 0 saturated heterocycles. The summed E-state index contributed by atoms with van der Waals surface area (Å²) >= 11 is 5.86. The number of amides is 2. The van der Waals surface area contributed by atoms with Gasteiger partial charge in [0.25, 0.3) is 11.8 Å². The molecule has 0 aliphatic carbocycles. The highest BCUT2D eigenvalue weighted by molar-refractivity contribution is 6.31. The van der Waals surface area contributed by atoms with Gasteiger partial charge < -0.3 is 14.2 Å². The summed E-state index contributed by atoms with van der Waals surface area (Å²) in [4.78, 5) is 35.8. The Bertz CT molecular complexity index is 844. The van der Waals surface area contributed by atoms with Gasteiger partial charge in [-0.1, -0.05) is 29.8 Å². The zero-order valence-corrected chi connectivity index (χ0v) is 16.0. The molecule has 0 aromatic heterocycles. The van der Waals surface area contributed by atoms with Gasteiger partial charge in [0.1, 0.15) is 11.5 Å². The number of hydrogen-bond acceptors (Lipinski definition) is 6. The number of halogens is 1. The molecule has 0 spiro atoms. The van der Waals surface area contributed by atoms with E-state index in [9.17, 15) is 14.4 Å². The van der Waals surface area contributed by atoms with Crippen molar-refractivity contribution in [3.63, 3.8) is 0 Å². The molecule has 2 N–H and O–H groups in total. The van der Waals surface area contributed by atoms with Crippen LogP contribution in [0.15, 0.2) is 48.5 Å². The molecule has 0 fully saturated rings. The first-order valence-corrected chi connectivity index (χ1v) is 8.59. The Kier molecular flexibility index (Phi) is 7.65. The van der Waals surface area contributed by atoms with E-state index >= 15 is 0 Å². The number of methoxy groups -OCH3 is 1. The summed E-state index contributed by atoms with van der Waals surface area (Å²) in [5.74, 6) is -1.30. The van der Waals surface area contributed by atoms with E-state index < -0.39 is 30.5 Å². The van der Waals surface area contributed by atoms with E-state index in [0.717, 1.165) is 0 Å². The summed E-state index contributed by atoms with van der Waals surface area (Å²) in [6.07, 6.45) is -0.902. The van der Waals surface area contributed by atoms with Crippen LogP contribution < -0.4 is 20.3 Å². The lowest BCUT2D eigenvalue weighted by Gasteiger charge is -2.14. The molecule has 0 heterocycles. The molecule has 1 atom stereocenters. The molecule has 8 nitrogen and oxygen atoms in total. The predicted molar refractivity (Wildman–Crippen MR) is 101 cm³/mol. The maximum Gasteiger partial charge on any atom is 0.347 e. The second kappa shape index (κ2) is 10.2. The zero-order valence-electron chi connectivity index (χ0n) is 15.2. The number of ether oxygens (including phenoxy) is 3. The Labute approximate surface area is 166 Å². The summed E-state index contributed by atoms with van der Waals surface area (Å²) in [6, 6.07) is 13.2. The Morgan fingerprint density at radius 3 is 2.46 bits per heavy atom. The highest BCUT2D eigenvalue weighted by atomic mass is 35.5. The third-order valence-electron chi connectivity index (χ3n) is 3.46. The fourth-order valence-corrected chi connectivity index (χ4v) is 2.26. The van der Waals surface area contributed by atoms with Crippen molar-refractivity contribution in [1.29, 1.82) is 0 Å². The standard InChI is InChI=1S/C19H19ClN2O6/c1-12(28-14-6-4-3-5-7-14)19(25)27-11-17(23)21-22-18(24)15-10-13(20)8-9-16(15)26-2/h3-10,12H,11H2,1-2H3,(H,21,23)(H,22,24)/t12-/m1/s1. The van der Waals surface area contributed by atoms with Crippen molar-refractivity contribution in [2.75, 3.05) is 13.7 Å². The van der Waals surface area contributed by atoms with Crippen molar-refractivity contribution < 1.29 is 28.6 Å². The minimum Gasteiger partial charge on any atom is -0.496 e. The van der Waals surface area contributed by atoms with Crippen LogP contribution in [0.2, 0.25) is 5.02 Å². The van der Waals surface area contributed by atoms with Crippen molar-refractivity contribution in [2.24, 2.45) is 0 Å². The second-order valence-corrected chi connectivity index (χ2v) is 5.96. The summed E-state index contributed by atoms with van der Waals surface area (Å²) in [5.41, 5.74) is 4.47. The number of esters is 1. The van der Waals surface area contributed by atoms with Crippen LogP contribution in [0, 0.1) is 0 Å². The molecular weight excluding hydrogens is 388 g/mol. The van der Waals surface area contributed by atoms with Crippen LogP contribution in [-0.4, -0.2) is 37.6 Å². The third-order valence-corrected chi connectivity index (χ3v) is 3.69. The van der Waals surface area contributed by atoms with E-state index in [2.05, 4.69) is 10.9 Å². The predicted octanol–water partition coefficient (Wildman–Crippen LogP) is 2.12. The van der Waals surface area contributed by atoms with Crippen LogP contribution in [0.25, 0.3) is 0 Å². The Hall–Kier alpha value is -3.26. The number of rotatable bonds is 7. The first kappa shape index (κ1) is 21.0. The summed E-state index contributed by atoms with van der Waals surface area (Å²) in [5, 5.41) is 0.332. The Balaban J connectivity index is 1.78. The lowest BCUT2D eigenvalue weighted by molar-refractivity contribution is -0.154. The topological polar surface area (TPSA) is 103 Å². The maximum atomic E-state index is 12.1. The number of nitrogens with one attached hydrogen (secondary N) is 2. The fourth-order valence-electron chi connectivity index (χ4n) is 2.09. The molecule has 28 heavy (non-hydrogen) atoms. The first-order valence-electron chi connectivity index (χ1n) is 8.21. The SMILES string of the molecule is COc1ccc(Cl)cc1C(=O)NNC(=O)COC(=O)[C@@H](C)Oc1ccccc1. The number of hydrazine groups is 1. The molecule has 9 heteroatoms. The highest BCUT2D eigenvalue weighted by Crippen LogP contribution is 2.22. The molecule has 2 aromatic carbocycles. The van der Waals surface area contributed by atoms with Crippen molar-refractivity contribution in [2.45, 2.75) is 13.0 Å². The van der Waals surface area contributed by atoms with E-state index in [1.165, 1.54) is 26.2 Å². The molecule has 2 aromatic rings. The molecule has 0 saturated carbocycles. The van der Waals surface area contributed by atoms with Crippen LogP contribution in [0.1, 0.15) is 17.3 Å². The van der Waals surface area contributed by atoms with Gasteiger partial charge in [0.15, 0.2) is 12.7 Å². The smallest absolute Gasteiger partial charge is 0.347 e. The van der Waals surface area contributed by atoms with Crippen molar-refractivity contribution >= 4 is 29.4 Å². The van der Waals surface area contributed by atoms with Gasteiger partial charge in [-0.3, -0.25) is 20.4 Å². The average molecular weight is 407 g/mol. The third kappa shape index (κ3) is 6.17. The molecule has 0 aliphatic rings. The molecule has 2 rings (SSSR count). The monoisotopic (exact) mass is 406 g/mol. The average Bonchev–Trinajstić information content (AvgIpc) is 2.70. The van der Waals surface area contributed by atoms with Gasteiger partial charge in [-0.15, -0.1) is 0 Å². The van der Waals surface area contributed by atoms with Crippen molar-refractivity contribution in [1.82, 2.24) is 10.9 Å². The number of carbonyl (C=O) groups is 3. The maximum absolute atomic E-state index is 12.1. The van der Waals surface area contributed by atoms with Crippen LogP contribution in [0.4, 0.5) is 0 Å². The fraction of sp³-hybridized carbons (Fsp3) is 0.211. The van der Waals surface area contributed by atoms with E-state index in [1.54, 1.807) is 30.3 Å². The Morgan fingerprint density at radius 1 is 1.07 bits per heavy atom. The first-order chi connectivity index (χ1) is 13.4. The summed E-state index contributed by atoms with van der Waals surface area (Å²) in [7, 11) is 1.40.